The Morgan fingerprint density at radius 3 is 2.45 bits per heavy atom. The second kappa shape index (κ2) is 8.70. The van der Waals surface area contributed by atoms with Crippen LogP contribution in [0.3, 0.4) is 0 Å². The largest absolute Gasteiger partial charge is 0.454 e. The molecule has 160 valence electrons. The zero-order chi connectivity index (χ0) is 22.1. The van der Waals surface area contributed by atoms with Gasteiger partial charge < -0.3 is 15.1 Å². The van der Waals surface area contributed by atoms with Crippen LogP contribution in [0, 0.1) is 11.6 Å². The monoisotopic (exact) mass is 463 g/mol. The van der Waals surface area contributed by atoms with Gasteiger partial charge in [-0.3, -0.25) is 10.6 Å². The fourth-order valence-electron chi connectivity index (χ4n) is 3.44. The molecule has 3 aromatic rings. The molecule has 0 saturated carbocycles. The number of nitrogens with two attached hydrogens (primary N) is 1. The summed E-state index contributed by atoms with van der Waals surface area (Å²) in [6, 6.07) is 11.9. The smallest absolute Gasteiger partial charge is 0.254 e. The van der Waals surface area contributed by atoms with E-state index in [1.807, 2.05) is 0 Å². The first-order chi connectivity index (χ1) is 14.9. The van der Waals surface area contributed by atoms with Crippen LogP contribution in [0.4, 0.5) is 14.5 Å². The van der Waals surface area contributed by atoms with E-state index in [1.54, 1.807) is 35.2 Å². The molecule has 3 aromatic carbocycles. The first-order valence-corrected chi connectivity index (χ1v) is 10.1. The number of ether oxygens (including phenoxy) is 1. The van der Waals surface area contributed by atoms with Crippen LogP contribution in [0.1, 0.15) is 21.5 Å². The third-order valence-corrected chi connectivity index (χ3v) is 5.55. The Hall–Kier alpha value is -2.87. The Morgan fingerprint density at radius 2 is 1.77 bits per heavy atom. The standard InChI is InChI=1S/C22H17Cl2F2N3O2/c23-17-9-14(28-27)10-18(24)21(17)31-15-2-3-16-13(8-15)5-6-29(22(16)30)11-12-1-4-19(25)20(26)7-12/h1-4,7-10,28H,5-6,11,27H2. The minimum atomic E-state index is -0.934. The lowest BCUT2D eigenvalue weighted by Crippen LogP contribution is -2.37. The van der Waals surface area contributed by atoms with Crippen molar-refractivity contribution in [3.05, 3.63) is 86.9 Å². The quantitative estimate of drug-likeness (QED) is 0.384. The number of rotatable bonds is 5. The summed E-state index contributed by atoms with van der Waals surface area (Å²) >= 11 is 12.5. The number of amides is 1. The van der Waals surface area contributed by atoms with E-state index in [0.29, 0.717) is 35.5 Å². The number of anilines is 1. The summed E-state index contributed by atoms with van der Waals surface area (Å²) < 4.78 is 32.5. The fourth-order valence-corrected chi connectivity index (χ4v) is 4.01. The molecule has 1 aliphatic rings. The van der Waals surface area contributed by atoms with Crippen LogP contribution < -0.4 is 16.0 Å². The number of hydrogen-bond donors (Lipinski definition) is 2. The number of carbonyl (C=O) groups excluding carboxylic acids is 1. The number of nitrogens with zero attached hydrogens (tertiary/aromatic N) is 1. The minimum absolute atomic E-state index is 0.188. The van der Waals surface area contributed by atoms with Crippen molar-refractivity contribution < 1.29 is 18.3 Å². The fraction of sp³-hybridized carbons (Fsp3) is 0.136. The summed E-state index contributed by atoms with van der Waals surface area (Å²) in [4.78, 5) is 14.5. The molecule has 1 amide bonds. The molecule has 0 saturated heterocycles. The first kappa shape index (κ1) is 21.4. The van der Waals surface area contributed by atoms with Crippen molar-refractivity contribution in [3.8, 4) is 11.5 Å². The molecule has 5 nitrogen and oxygen atoms in total. The Morgan fingerprint density at radius 1 is 1.03 bits per heavy atom. The van der Waals surface area contributed by atoms with E-state index in [4.69, 9.17) is 33.8 Å². The second-order valence-electron chi connectivity index (χ2n) is 7.06. The molecule has 0 aliphatic carbocycles. The predicted molar refractivity (Wildman–Crippen MR) is 116 cm³/mol. The average molecular weight is 464 g/mol. The van der Waals surface area contributed by atoms with Crippen molar-refractivity contribution in [1.82, 2.24) is 4.90 Å². The molecular weight excluding hydrogens is 447 g/mol. The normalized spacial score (nSPS) is 13.2. The molecule has 1 heterocycles. The lowest BCUT2D eigenvalue weighted by Gasteiger charge is -2.29. The molecule has 31 heavy (non-hydrogen) atoms. The Labute approximate surface area is 187 Å². The van der Waals surface area contributed by atoms with Crippen molar-refractivity contribution in [1.29, 1.82) is 0 Å². The molecule has 0 bridgehead atoms. The van der Waals surface area contributed by atoms with Crippen molar-refractivity contribution in [2.45, 2.75) is 13.0 Å². The lowest BCUT2D eigenvalue weighted by atomic mass is 9.98. The van der Waals surface area contributed by atoms with Crippen LogP contribution in [-0.2, 0) is 13.0 Å². The van der Waals surface area contributed by atoms with Gasteiger partial charge in [0.05, 0.1) is 15.7 Å². The summed E-state index contributed by atoms with van der Waals surface area (Å²) in [5, 5.41) is 0.568. The molecule has 1 aliphatic heterocycles. The van der Waals surface area contributed by atoms with Crippen molar-refractivity contribution in [3.63, 3.8) is 0 Å². The first-order valence-electron chi connectivity index (χ1n) is 9.35. The number of benzene rings is 3. The Kier molecular flexibility index (Phi) is 6.00. The van der Waals surface area contributed by atoms with Crippen LogP contribution in [0.2, 0.25) is 10.0 Å². The lowest BCUT2D eigenvalue weighted by molar-refractivity contribution is 0.0726. The van der Waals surface area contributed by atoms with Gasteiger partial charge in [0, 0.05) is 18.7 Å². The number of hydrogen-bond acceptors (Lipinski definition) is 4. The molecule has 0 atom stereocenters. The Balaban J connectivity index is 1.53. The van der Waals surface area contributed by atoms with Gasteiger partial charge in [-0.2, -0.15) is 0 Å². The molecule has 0 fully saturated rings. The topological polar surface area (TPSA) is 67.6 Å². The maximum Gasteiger partial charge on any atom is 0.254 e. The number of nitrogens with one attached hydrogen (secondary N) is 1. The highest BCUT2D eigenvalue weighted by Gasteiger charge is 2.25. The van der Waals surface area contributed by atoms with Crippen LogP contribution in [0.25, 0.3) is 0 Å². The summed E-state index contributed by atoms with van der Waals surface area (Å²) in [6.45, 7) is 0.632. The van der Waals surface area contributed by atoms with Gasteiger partial charge in [-0.15, -0.1) is 0 Å². The molecule has 3 N–H and O–H groups in total. The number of nitrogen functional groups attached to an aromatic ring is 1. The number of carbonyl (C=O) groups is 1. The van der Waals surface area contributed by atoms with Gasteiger partial charge in [-0.25, -0.2) is 8.78 Å². The second-order valence-corrected chi connectivity index (χ2v) is 7.87. The average Bonchev–Trinajstić information content (AvgIpc) is 2.75. The highest BCUT2D eigenvalue weighted by Crippen LogP contribution is 2.39. The molecule has 0 spiro atoms. The van der Waals surface area contributed by atoms with E-state index in [-0.39, 0.29) is 28.2 Å². The molecular formula is C22H17Cl2F2N3O2. The van der Waals surface area contributed by atoms with E-state index >= 15 is 0 Å². The molecule has 0 radical (unpaired) electrons. The van der Waals surface area contributed by atoms with Crippen molar-refractivity contribution in [2.75, 3.05) is 12.0 Å². The SMILES string of the molecule is NNc1cc(Cl)c(Oc2ccc3c(c2)CCN(Cc2ccc(F)c(F)c2)C3=O)c(Cl)c1. The predicted octanol–water partition coefficient (Wildman–Crippen LogP) is 5.55. The van der Waals surface area contributed by atoms with Crippen molar-refractivity contribution >= 4 is 34.8 Å². The van der Waals surface area contributed by atoms with Gasteiger partial charge >= 0.3 is 0 Å². The zero-order valence-electron chi connectivity index (χ0n) is 16.1. The van der Waals surface area contributed by atoms with E-state index in [0.717, 1.165) is 17.7 Å². The molecule has 9 heteroatoms. The summed E-state index contributed by atoms with van der Waals surface area (Å²) in [7, 11) is 0. The van der Waals surface area contributed by atoms with Crippen molar-refractivity contribution in [2.24, 2.45) is 5.84 Å². The number of halogens is 4. The van der Waals surface area contributed by atoms with E-state index < -0.39 is 11.6 Å². The van der Waals surface area contributed by atoms with Gasteiger partial charge in [0.15, 0.2) is 17.4 Å². The van der Waals surface area contributed by atoms with Gasteiger partial charge in [-0.05, 0) is 60.0 Å². The number of hydrazine groups is 1. The van der Waals surface area contributed by atoms with Gasteiger partial charge in [0.2, 0.25) is 0 Å². The van der Waals surface area contributed by atoms with Crippen LogP contribution in [0.5, 0.6) is 11.5 Å². The number of fused-ring (bicyclic) bond motifs is 1. The third kappa shape index (κ3) is 4.44. The molecule has 0 aromatic heterocycles. The molecule has 4 rings (SSSR count). The van der Waals surface area contributed by atoms with Crippen LogP contribution in [-0.4, -0.2) is 17.4 Å². The van der Waals surface area contributed by atoms with E-state index in [2.05, 4.69) is 5.43 Å². The maximum absolute atomic E-state index is 13.5. The Bertz CT molecular complexity index is 1150. The third-order valence-electron chi connectivity index (χ3n) is 4.99. The summed E-state index contributed by atoms with van der Waals surface area (Å²) in [6.07, 6.45) is 0.583. The zero-order valence-corrected chi connectivity index (χ0v) is 17.6. The highest BCUT2D eigenvalue weighted by molar-refractivity contribution is 6.37. The van der Waals surface area contributed by atoms with Crippen LogP contribution in [0.15, 0.2) is 48.5 Å². The van der Waals surface area contributed by atoms with Gasteiger partial charge in [0.1, 0.15) is 5.75 Å². The molecule has 0 unspecified atom stereocenters. The highest BCUT2D eigenvalue weighted by atomic mass is 35.5. The van der Waals surface area contributed by atoms with Gasteiger partial charge in [-0.1, -0.05) is 29.3 Å². The minimum Gasteiger partial charge on any atom is -0.454 e. The van der Waals surface area contributed by atoms with E-state index in [9.17, 15) is 13.6 Å². The van der Waals surface area contributed by atoms with Gasteiger partial charge in [0.25, 0.3) is 5.91 Å². The summed E-state index contributed by atoms with van der Waals surface area (Å²) in [5.74, 6) is 4.10. The maximum atomic E-state index is 13.5. The van der Waals surface area contributed by atoms with Crippen LogP contribution >= 0.6 is 23.2 Å². The summed E-state index contributed by atoms with van der Waals surface area (Å²) in [5.41, 5.74) is 4.88. The van der Waals surface area contributed by atoms with E-state index in [1.165, 1.54) is 6.07 Å².